The Labute approximate surface area is 112 Å². The van der Waals surface area contributed by atoms with E-state index >= 15 is 0 Å². The van der Waals surface area contributed by atoms with E-state index in [-0.39, 0.29) is 6.42 Å². The first-order chi connectivity index (χ1) is 8.66. The van der Waals surface area contributed by atoms with Crippen molar-refractivity contribution in [3.63, 3.8) is 0 Å². The molecule has 0 radical (unpaired) electrons. The van der Waals surface area contributed by atoms with E-state index in [1.54, 1.807) is 4.68 Å². The summed E-state index contributed by atoms with van der Waals surface area (Å²) in [5.74, 6) is -0.172. The molecule has 0 atom stereocenters. The maximum Gasteiger partial charge on any atom is 0.303 e. The molecule has 0 aliphatic heterocycles. The minimum absolute atomic E-state index is 0.109. The lowest BCUT2D eigenvalue weighted by Crippen LogP contribution is -2.05. The van der Waals surface area contributed by atoms with E-state index in [0.29, 0.717) is 18.8 Å². The third-order valence-electron chi connectivity index (χ3n) is 2.38. The second-order valence-electron chi connectivity index (χ2n) is 3.73. The molecule has 0 aliphatic carbocycles. The van der Waals surface area contributed by atoms with E-state index < -0.39 is 5.97 Å². The Morgan fingerprint density at radius 3 is 3.00 bits per heavy atom. The van der Waals surface area contributed by atoms with E-state index in [0.717, 1.165) is 10.0 Å². The van der Waals surface area contributed by atoms with Crippen molar-refractivity contribution in [3.8, 4) is 11.4 Å². The molecule has 94 valence electrons. The molecule has 0 aliphatic rings. The molecule has 0 unspecified atom stereocenters. The Morgan fingerprint density at radius 1 is 1.44 bits per heavy atom. The van der Waals surface area contributed by atoms with Crippen LogP contribution in [-0.2, 0) is 11.3 Å². The number of rotatable bonds is 5. The van der Waals surface area contributed by atoms with Crippen LogP contribution >= 0.6 is 15.9 Å². The number of carbonyl (C=O) groups is 1. The van der Waals surface area contributed by atoms with Gasteiger partial charge in [-0.3, -0.25) is 4.79 Å². The topological polar surface area (TPSA) is 80.9 Å². The summed E-state index contributed by atoms with van der Waals surface area (Å²) in [4.78, 5) is 10.5. The average Bonchev–Trinajstić information content (AvgIpc) is 2.77. The van der Waals surface area contributed by atoms with Gasteiger partial charge in [0.25, 0.3) is 0 Å². The number of tetrazole rings is 1. The van der Waals surface area contributed by atoms with Crippen molar-refractivity contribution < 1.29 is 9.90 Å². The quantitative estimate of drug-likeness (QED) is 0.913. The Kier molecular flexibility index (Phi) is 4.03. The largest absolute Gasteiger partial charge is 0.481 e. The van der Waals surface area contributed by atoms with Crippen LogP contribution in [0.4, 0.5) is 0 Å². The van der Waals surface area contributed by atoms with Gasteiger partial charge in [-0.25, -0.2) is 4.68 Å². The number of halogens is 1. The Morgan fingerprint density at radius 2 is 2.28 bits per heavy atom. The zero-order valence-electron chi connectivity index (χ0n) is 9.45. The second-order valence-corrected chi connectivity index (χ2v) is 4.65. The number of aryl methyl sites for hydroxylation is 1. The Hall–Kier alpha value is -1.76. The number of hydrogen-bond acceptors (Lipinski definition) is 4. The summed E-state index contributed by atoms with van der Waals surface area (Å²) < 4.78 is 2.56. The van der Waals surface area contributed by atoms with Gasteiger partial charge in [0.05, 0.1) is 0 Å². The number of carboxylic acid groups (broad SMARTS) is 1. The van der Waals surface area contributed by atoms with Crippen LogP contribution in [0.1, 0.15) is 12.8 Å². The standard InChI is InChI=1S/C11H11BrN4O2/c12-9-4-1-3-8(7-9)11-13-14-15-16(11)6-2-5-10(17)18/h1,3-4,7H,2,5-6H2,(H,17,18). The molecule has 0 fully saturated rings. The third-order valence-corrected chi connectivity index (χ3v) is 2.87. The molecule has 1 aromatic heterocycles. The monoisotopic (exact) mass is 310 g/mol. The van der Waals surface area contributed by atoms with E-state index in [1.165, 1.54) is 0 Å². The molecule has 2 aromatic rings. The van der Waals surface area contributed by atoms with Crippen molar-refractivity contribution in [2.45, 2.75) is 19.4 Å². The number of aromatic nitrogens is 4. The number of hydrogen-bond donors (Lipinski definition) is 1. The van der Waals surface area contributed by atoms with Crippen LogP contribution in [0.2, 0.25) is 0 Å². The third kappa shape index (κ3) is 3.13. The van der Waals surface area contributed by atoms with Crippen LogP contribution < -0.4 is 0 Å². The summed E-state index contributed by atoms with van der Waals surface area (Å²) in [6.07, 6.45) is 0.610. The molecule has 0 saturated heterocycles. The molecule has 2 rings (SSSR count). The van der Waals surface area contributed by atoms with Crippen molar-refractivity contribution in [2.75, 3.05) is 0 Å². The lowest BCUT2D eigenvalue weighted by molar-refractivity contribution is -0.137. The normalized spacial score (nSPS) is 10.5. The zero-order valence-corrected chi connectivity index (χ0v) is 11.0. The highest BCUT2D eigenvalue weighted by Gasteiger charge is 2.09. The SMILES string of the molecule is O=C(O)CCCn1nnnc1-c1cccc(Br)c1. The highest BCUT2D eigenvalue weighted by molar-refractivity contribution is 9.10. The zero-order chi connectivity index (χ0) is 13.0. The molecule has 0 amide bonds. The van der Waals surface area contributed by atoms with Gasteiger partial charge in [0, 0.05) is 23.0 Å². The van der Waals surface area contributed by atoms with Crippen LogP contribution in [0.25, 0.3) is 11.4 Å². The van der Waals surface area contributed by atoms with Gasteiger partial charge in [-0.2, -0.15) is 0 Å². The van der Waals surface area contributed by atoms with Crippen LogP contribution in [0.15, 0.2) is 28.7 Å². The molecule has 7 heteroatoms. The lowest BCUT2D eigenvalue weighted by Gasteiger charge is -2.03. The minimum atomic E-state index is -0.813. The van der Waals surface area contributed by atoms with Crippen LogP contribution in [0.5, 0.6) is 0 Å². The highest BCUT2D eigenvalue weighted by atomic mass is 79.9. The lowest BCUT2D eigenvalue weighted by atomic mass is 10.2. The molecule has 18 heavy (non-hydrogen) atoms. The van der Waals surface area contributed by atoms with Gasteiger partial charge in [0.2, 0.25) is 0 Å². The first-order valence-corrected chi connectivity index (χ1v) is 6.20. The predicted molar refractivity (Wildman–Crippen MR) is 67.8 cm³/mol. The van der Waals surface area contributed by atoms with Crippen molar-refractivity contribution in [1.29, 1.82) is 0 Å². The van der Waals surface area contributed by atoms with Gasteiger partial charge in [0.1, 0.15) is 0 Å². The summed E-state index contributed by atoms with van der Waals surface area (Å²) in [5, 5.41) is 20.0. The van der Waals surface area contributed by atoms with E-state index in [4.69, 9.17) is 5.11 Å². The fourth-order valence-corrected chi connectivity index (χ4v) is 1.97. The molecule has 0 saturated carbocycles. The van der Waals surface area contributed by atoms with E-state index in [2.05, 4.69) is 31.5 Å². The van der Waals surface area contributed by atoms with Crippen LogP contribution in [0.3, 0.4) is 0 Å². The van der Waals surface area contributed by atoms with Crippen LogP contribution in [0, 0.1) is 0 Å². The molecular formula is C11H11BrN4O2. The summed E-state index contributed by atoms with van der Waals surface area (Å²) in [5.41, 5.74) is 0.893. The number of carboxylic acids is 1. The fourth-order valence-electron chi connectivity index (χ4n) is 1.57. The second kappa shape index (κ2) is 5.72. The number of benzene rings is 1. The van der Waals surface area contributed by atoms with Gasteiger partial charge >= 0.3 is 5.97 Å². The van der Waals surface area contributed by atoms with Crippen LogP contribution in [-0.4, -0.2) is 31.3 Å². The average molecular weight is 311 g/mol. The molecule has 1 N–H and O–H groups in total. The van der Waals surface area contributed by atoms with Gasteiger partial charge in [-0.15, -0.1) is 5.10 Å². The molecule has 1 aromatic carbocycles. The van der Waals surface area contributed by atoms with Gasteiger partial charge in [0.15, 0.2) is 5.82 Å². The molecular weight excluding hydrogens is 300 g/mol. The molecule has 1 heterocycles. The first kappa shape index (κ1) is 12.7. The predicted octanol–water partition coefficient (Wildman–Crippen LogP) is 1.97. The maximum atomic E-state index is 10.5. The Bertz CT molecular complexity index is 555. The summed E-state index contributed by atoms with van der Waals surface area (Å²) >= 11 is 3.39. The highest BCUT2D eigenvalue weighted by Crippen LogP contribution is 2.20. The van der Waals surface area contributed by atoms with Gasteiger partial charge in [-0.05, 0) is 29.0 Å². The summed E-state index contributed by atoms with van der Waals surface area (Å²) in [6, 6.07) is 7.64. The van der Waals surface area contributed by atoms with Crippen molar-refractivity contribution in [1.82, 2.24) is 20.2 Å². The first-order valence-electron chi connectivity index (χ1n) is 5.41. The van der Waals surface area contributed by atoms with Crippen molar-refractivity contribution >= 4 is 21.9 Å². The van der Waals surface area contributed by atoms with E-state index in [1.807, 2.05) is 24.3 Å². The smallest absolute Gasteiger partial charge is 0.303 e. The van der Waals surface area contributed by atoms with E-state index in [9.17, 15) is 4.79 Å². The molecule has 0 bridgehead atoms. The maximum absolute atomic E-state index is 10.5. The minimum Gasteiger partial charge on any atom is -0.481 e. The fraction of sp³-hybridized carbons (Fsp3) is 0.273. The Balaban J connectivity index is 2.15. The number of nitrogens with zero attached hydrogens (tertiary/aromatic N) is 4. The van der Waals surface area contributed by atoms with Crippen molar-refractivity contribution in [2.24, 2.45) is 0 Å². The van der Waals surface area contributed by atoms with Crippen molar-refractivity contribution in [3.05, 3.63) is 28.7 Å². The summed E-state index contributed by atoms with van der Waals surface area (Å²) in [7, 11) is 0. The van der Waals surface area contributed by atoms with Gasteiger partial charge in [-0.1, -0.05) is 28.1 Å². The molecule has 0 spiro atoms. The number of aliphatic carboxylic acids is 1. The van der Waals surface area contributed by atoms with Gasteiger partial charge < -0.3 is 5.11 Å². The summed E-state index contributed by atoms with van der Waals surface area (Å²) in [6.45, 7) is 0.487. The molecule has 6 nitrogen and oxygen atoms in total.